The molecule has 0 saturated heterocycles. The number of methoxy groups -OCH3 is 2. The van der Waals surface area contributed by atoms with Crippen molar-refractivity contribution in [1.29, 1.82) is 0 Å². The molecule has 0 fully saturated rings. The Morgan fingerprint density at radius 3 is 2.42 bits per heavy atom. The number of anilines is 1. The molecule has 2 aromatic rings. The summed E-state index contributed by atoms with van der Waals surface area (Å²) in [5.74, 6) is -0.448. The lowest BCUT2D eigenvalue weighted by Gasteiger charge is -2.10. The Labute approximate surface area is 144 Å². The number of benzene rings is 2. The van der Waals surface area contributed by atoms with Gasteiger partial charge < -0.3 is 14.8 Å². The van der Waals surface area contributed by atoms with Crippen LogP contribution in [0.25, 0.3) is 6.08 Å². The molecular formula is C18H16ClNO4. The van der Waals surface area contributed by atoms with Gasteiger partial charge >= 0.3 is 5.97 Å². The smallest absolute Gasteiger partial charge is 0.340 e. The topological polar surface area (TPSA) is 64.6 Å². The van der Waals surface area contributed by atoms with Crippen LogP contribution in [0, 0.1) is 0 Å². The quantitative estimate of drug-likeness (QED) is 0.661. The van der Waals surface area contributed by atoms with Gasteiger partial charge in [-0.3, -0.25) is 4.79 Å². The van der Waals surface area contributed by atoms with Gasteiger partial charge in [-0.05, 0) is 42.0 Å². The van der Waals surface area contributed by atoms with Gasteiger partial charge in [0.1, 0.15) is 5.75 Å². The van der Waals surface area contributed by atoms with Crippen LogP contribution in [0.15, 0.2) is 48.5 Å². The summed E-state index contributed by atoms with van der Waals surface area (Å²) in [6.45, 7) is 0. The van der Waals surface area contributed by atoms with E-state index in [9.17, 15) is 9.59 Å². The van der Waals surface area contributed by atoms with E-state index in [1.54, 1.807) is 42.5 Å². The maximum atomic E-state index is 12.1. The standard InChI is InChI=1S/C18H16ClNO4/c1-23-14-8-9-16(15(11-14)18(22)24-2)20-17(21)10-5-12-3-6-13(19)7-4-12/h3-11H,1-2H3,(H,20,21). The second-order valence-corrected chi connectivity index (χ2v) is 5.21. The highest BCUT2D eigenvalue weighted by Crippen LogP contribution is 2.23. The SMILES string of the molecule is COC(=O)c1cc(OC)ccc1NC(=O)C=Cc1ccc(Cl)cc1. The zero-order chi connectivity index (χ0) is 17.5. The molecular weight excluding hydrogens is 330 g/mol. The van der Waals surface area contributed by atoms with Crippen LogP contribution in [-0.4, -0.2) is 26.1 Å². The van der Waals surface area contributed by atoms with Crippen LogP contribution < -0.4 is 10.1 Å². The van der Waals surface area contributed by atoms with Crippen molar-refractivity contribution >= 4 is 35.2 Å². The third kappa shape index (κ3) is 4.60. The molecule has 0 aliphatic carbocycles. The van der Waals surface area contributed by atoms with E-state index in [0.717, 1.165) is 5.56 Å². The summed E-state index contributed by atoms with van der Waals surface area (Å²) in [7, 11) is 2.76. The number of amides is 1. The molecule has 0 heterocycles. The van der Waals surface area contributed by atoms with Crippen molar-refractivity contribution in [3.05, 3.63) is 64.7 Å². The molecule has 0 radical (unpaired) electrons. The predicted molar refractivity (Wildman–Crippen MR) is 93.4 cm³/mol. The minimum atomic E-state index is -0.564. The average molecular weight is 346 g/mol. The van der Waals surface area contributed by atoms with Crippen molar-refractivity contribution < 1.29 is 19.1 Å². The summed E-state index contributed by atoms with van der Waals surface area (Å²) in [6.07, 6.45) is 3.02. The maximum Gasteiger partial charge on any atom is 0.340 e. The lowest BCUT2D eigenvalue weighted by molar-refractivity contribution is -0.111. The van der Waals surface area contributed by atoms with Crippen LogP contribution in [0.4, 0.5) is 5.69 Å². The first kappa shape index (κ1) is 17.6. The van der Waals surface area contributed by atoms with Crippen LogP contribution >= 0.6 is 11.6 Å². The van der Waals surface area contributed by atoms with E-state index in [4.69, 9.17) is 21.1 Å². The van der Waals surface area contributed by atoms with E-state index in [2.05, 4.69) is 5.32 Å². The Morgan fingerprint density at radius 2 is 1.79 bits per heavy atom. The fourth-order valence-electron chi connectivity index (χ4n) is 1.96. The number of nitrogens with one attached hydrogen (secondary N) is 1. The number of ether oxygens (including phenoxy) is 2. The summed E-state index contributed by atoms with van der Waals surface area (Å²) in [4.78, 5) is 23.9. The number of rotatable bonds is 5. The lowest BCUT2D eigenvalue weighted by atomic mass is 10.1. The Morgan fingerprint density at radius 1 is 1.08 bits per heavy atom. The molecule has 5 nitrogen and oxygen atoms in total. The fraction of sp³-hybridized carbons (Fsp3) is 0.111. The van der Waals surface area contributed by atoms with Gasteiger partial charge in [0.2, 0.25) is 5.91 Å². The van der Waals surface area contributed by atoms with E-state index >= 15 is 0 Å². The summed E-state index contributed by atoms with van der Waals surface area (Å²) in [6, 6.07) is 11.8. The normalized spacial score (nSPS) is 10.5. The zero-order valence-corrected chi connectivity index (χ0v) is 14.0. The van der Waals surface area contributed by atoms with Gasteiger partial charge in [0.15, 0.2) is 0 Å². The van der Waals surface area contributed by atoms with Crippen molar-refractivity contribution in [2.45, 2.75) is 0 Å². The van der Waals surface area contributed by atoms with Crippen LogP contribution in [-0.2, 0) is 9.53 Å². The molecule has 0 saturated carbocycles. The van der Waals surface area contributed by atoms with E-state index in [1.165, 1.54) is 26.4 Å². The molecule has 124 valence electrons. The maximum absolute atomic E-state index is 12.1. The molecule has 0 spiro atoms. The van der Waals surface area contributed by atoms with E-state index in [-0.39, 0.29) is 11.5 Å². The summed E-state index contributed by atoms with van der Waals surface area (Å²) < 4.78 is 9.80. The minimum Gasteiger partial charge on any atom is -0.497 e. The number of esters is 1. The van der Waals surface area contributed by atoms with E-state index in [0.29, 0.717) is 16.5 Å². The Hall–Kier alpha value is -2.79. The van der Waals surface area contributed by atoms with Crippen molar-refractivity contribution in [3.63, 3.8) is 0 Å². The highest BCUT2D eigenvalue weighted by molar-refractivity contribution is 6.30. The first-order valence-corrected chi connectivity index (χ1v) is 7.42. The molecule has 2 rings (SSSR count). The van der Waals surface area contributed by atoms with Gasteiger partial charge in [-0.2, -0.15) is 0 Å². The Bertz CT molecular complexity index is 769. The first-order valence-electron chi connectivity index (χ1n) is 7.04. The largest absolute Gasteiger partial charge is 0.497 e. The van der Waals surface area contributed by atoms with Crippen LogP contribution in [0.2, 0.25) is 5.02 Å². The van der Waals surface area contributed by atoms with Crippen LogP contribution in [0.5, 0.6) is 5.75 Å². The lowest BCUT2D eigenvalue weighted by Crippen LogP contribution is -2.13. The van der Waals surface area contributed by atoms with Crippen molar-refractivity contribution in [2.24, 2.45) is 0 Å². The number of carbonyl (C=O) groups excluding carboxylic acids is 2. The predicted octanol–water partition coefficient (Wildman–Crippen LogP) is 3.79. The Balaban J connectivity index is 2.16. The van der Waals surface area contributed by atoms with Gasteiger partial charge in [-0.15, -0.1) is 0 Å². The minimum absolute atomic E-state index is 0.213. The molecule has 0 bridgehead atoms. The zero-order valence-electron chi connectivity index (χ0n) is 13.2. The van der Waals surface area contributed by atoms with Crippen LogP contribution in [0.1, 0.15) is 15.9 Å². The number of hydrogen-bond donors (Lipinski definition) is 1. The van der Waals surface area contributed by atoms with Gasteiger partial charge in [-0.1, -0.05) is 23.7 Å². The number of hydrogen-bond acceptors (Lipinski definition) is 4. The molecule has 0 atom stereocenters. The molecule has 0 aliphatic rings. The molecule has 1 amide bonds. The monoisotopic (exact) mass is 345 g/mol. The van der Waals surface area contributed by atoms with Crippen molar-refractivity contribution in [1.82, 2.24) is 0 Å². The second kappa shape index (κ2) is 8.17. The molecule has 6 heteroatoms. The van der Waals surface area contributed by atoms with Gasteiger partial charge in [0.05, 0.1) is 25.5 Å². The van der Waals surface area contributed by atoms with E-state index in [1.807, 2.05) is 0 Å². The average Bonchev–Trinajstić information content (AvgIpc) is 2.61. The molecule has 0 unspecified atom stereocenters. The summed E-state index contributed by atoms with van der Waals surface area (Å²) in [5.41, 5.74) is 1.39. The molecule has 1 N–H and O–H groups in total. The fourth-order valence-corrected chi connectivity index (χ4v) is 2.08. The Kier molecular flexibility index (Phi) is 5.98. The summed E-state index contributed by atoms with van der Waals surface area (Å²) >= 11 is 5.81. The van der Waals surface area contributed by atoms with Gasteiger partial charge in [0, 0.05) is 11.1 Å². The van der Waals surface area contributed by atoms with Crippen molar-refractivity contribution in [2.75, 3.05) is 19.5 Å². The van der Waals surface area contributed by atoms with Gasteiger partial charge in [-0.25, -0.2) is 4.79 Å². The van der Waals surface area contributed by atoms with Gasteiger partial charge in [0.25, 0.3) is 0 Å². The molecule has 0 aliphatic heterocycles. The molecule has 0 aromatic heterocycles. The molecule has 2 aromatic carbocycles. The first-order chi connectivity index (χ1) is 11.5. The van der Waals surface area contributed by atoms with E-state index < -0.39 is 5.97 Å². The van der Waals surface area contributed by atoms with Crippen molar-refractivity contribution in [3.8, 4) is 5.75 Å². The molecule has 24 heavy (non-hydrogen) atoms. The third-order valence-corrected chi connectivity index (χ3v) is 3.44. The van der Waals surface area contributed by atoms with Crippen LogP contribution in [0.3, 0.4) is 0 Å². The number of halogens is 1. The highest BCUT2D eigenvalue weighted by atomic mass is 35.5. The second-order valence-electron chi connectivity index (χ2n) is 4.78. The third-order valence-electron chi connectivity index (χ3n) is 3.19. The number of carbonyl (C=O) groups is 2. The highest BCUT2D eigenvalue weighted by Gasteiger charge is 2.14. The summed E-state index contributed by atoms with van der Waals surface area (Å²) in [5, 5.41) is 3.27.